The SMILES string of the molecule is C=CCc1ccccc1OCCCCOc1ccccc1CC=C. The van der Waals surface area contributed by atoms with Crippen molar-refractivity contribution in [2.45, 2.75) is 25.7 Å². The number of ether oxygens (including phenoxy) is 2. The molecule has 0 radical (unpaired) electrons. The molecule has 2 rings (SSSR count). The van der Waals surface area contributed by atoms with Crippen LogP contribution in [0.15, 0.2) is 73.8 Å². The summed E-state index contributed by atoms with van der Waals surface area (Å²) in [5, 5.41) is 0. The quantitative estimate of drug-likeness (QED) is 0.408. The Balaban J connectivity index is 1.71. The first-order chi connectivity index (χ1) is 11.8. The molecule has 0 atom stereocenters. The molecule has 0 aliphatic heterocycles. The zero-order valence-electron chi connectivity index (χ0n) is 14.2. The molecule has 2 aromatic carbocycles. The van der Waals surface area contributed by atoms with Gasteiger partial charge in [0.15, 0.2) is 0 Å². The van der Waals surface area contributed by atoms with Crippen molar-refractivity contribution in [1.29, 1.82) is 0 Å². The molecule has 0 amide bonds. The Morgan fingerprint density at radius 2 is 1.08 bits per heavy atom. The minimum Gasteiger partial charge on any atom is -0.493 e. The Hall–Kier alpha value is -2.48. The van der Waals surface area contributed by atoms with Crippen molar-refractivity contribution in [3.8, 4) is 11.5 Å². The third-order valence-corrected chi connectivity index (χ3v) is 3.73. The van der Waals surface area contributed by atoms with Crippen molar-refractivity contribution in [2.24, 2.45) is 0 Å². The Labute approximate surface area is 145 Å². The minimum atomic E-state index is 0.700. The summed E-state index contributed by atoms with van der Waals surface area (Å²) in [6.07, 6.45) is 7.39. The van der Waals surface area contributed by atoms with E-state index in [1.165, 1.54) is 11.1 Å². The molecular formula is C22H26O2. The van der Waals surface area contributed by atoms with Gasteiger partial charge in [0.2, 0.25) is 0 Å². The number of hydrogen-bond acceptors (Lipinski definition) is 2. The van der Waals surface area contributed by atoms with Crippen LogP contribution in [0.5, 0.6) is 11.5 Å². The number of hydrogen-bond donors (Lipinski definition) is 0. The standard InChI is InChI=1S/C22H26O2/c1-3-11-19-13-5-7-15-21(19)23-17-9-10-18-24-22-16-8-6-14-20(22)12-4-2/h3-8,13-16H,1-2,9-12,17-18H2. The number of unbranched alkanes of at least 4 members (excludes halogenated alkanes) is 1. The Morgan fingerprint density at radius 1 is 0.667 bits per heavy atom. The highest BCUT2D eigenvalue weighted by molar-refractivity contribution is 5.35. The number of benzene rings is 2. The summed E-state index contributed by atoms with van der Waals surface area (Å²) < 4.78 is 11.8. The molecule has 0 aromatic heterocycles. The van der Waals surface area contributed by atoms with Gasteiger partial charge in [-0.3, -0.25) is 0 Å². The van der Waals surface area contributed by atoms with E-state index in [-0.39, 0.29) is 0 Å². The fourth-order valence-corrected chi connectivity index (χ4v) is 2.51. The van der Waals surface area contributed by atoms with Crippen LogP contribution in [0.3, 0.4) is 0 Å². The maximum Gasteiger partial charge on any atom is 0.122 e. The smallest absolute Gasteiger partial charge is 0.122 e. The van der Waals surface area contributed by atoms with Crippen LogP contribution in [0, 0.1) is 0 Å². The van der Waals surface area contributed by atoms with Gasteiger partial charge >= 0.3 is 0 Å². The third kappa shape index (κ3) is 5.62. The summed E-state index contributed by atoms with van der Waals surface area (Å²) in [7, 11) is 0. The van der Waals surface area contributed by atoms with Crippen LogP contribution in [0.4, 0.5) is 0 Å². The summed E-state index contributed by atoms with van der Waals surface area (Å²) in [6, 6.07) is 16.2. The van der Waals surface area contributed by atoms with Crippen LogP contribution in [0.25, 0.3) is 0 Å². The van der Waals surface area contributed by atoms with Gasteiger partial charge in [0, 0.05) is 0 Å². The van der Waals surface area contributed by atoms with Crippen LogP contribution < -0.4 is 9.47 Å². The molecule has 0 aliphatic carbocycles. The maximum atomic E-state index is 5.89. The molecule has 0 bridgehead atoms. The number of para-hydroxylation sites is 2. The van der Waals surface area contributed by atoms with Crippen molar-refractivity contribution < 1.29 is 9.47 Å². The average molecular weight is 322 g/mol. The van der Waals surface area contributed by atoms with E-state index in [4.69, 9.17) is 9.47 Å². The van der Waals surface area contributed by atoms with E-state index < -0.39 is 0 Å². The van der Waals surface area contributed by atoms with E-state index in [9.17, 15) is 0 Å². The second kappa shape index (κ2) is 10.3. The van der Waals surface area contributed by atoms with E-state index in [1.54, 1.807) is 0 Å². The molecule has 2 aromatic rings. The van der Waals surface area contributed by atoms with Crippen molar-refractivity contribution in [2.75, 3.05) is 13.2 Å². The molecule has 126 valence electrons. The Bertz CT molecular complexity index is 588. The Kier molecular flexibility index (Phi) is 7.69. The van der Waals surface area contributed by atoms with Gasteiger partial charge in [-0.05, 0) is 48.9 Å². The van der Waals surface area contributed by atoms with Crippen LogP contribution in [-0.2, 0) is 12.8 Å². The number of allylic oxidation sites excluding steroid dienone is 2. The summed E-state index contributed by atoms with van der Waals surface area (Å²) in [5.41, 5.74) is 2.37. The van der Waals surface area contributed by atoms with Gasteiger partial charge in [0.1, 0.15) is 11.5 Å². The van der Waals surface area contributed by atoms with Crippen molar-refractivity contribution in [1.82, 2.24) is 0 Å². The highest BCUT2D eigenvalue weighted by Crippen LogP contribution is 2.20. The predicted molar refractivity (Wildman–Crippen MR) is 101 cm³/mol. The molecule has 0 heterocycles. The second-order valence-electron chi connectivity index (χ2n) is 5.61. The van der Waals surface area contributed by atoms with Gasteiger partial charge < -0.3 is 9.47 Å². The van der Waals surface area contributed by atoms with Gasteiger partial charge in [0.05, 0.1) is 13.2 Å². The highest BCUT2D eigenvalue weighted by atomic mass is 16.5. The molecule has 0 N–H and O–H groups in total. The largest absolute Gasteiger partial charge is 0.493 e. The zero-order chi connectivity index (χ0) is 17.0. The van der Waals surface area contributed by atoms with Gasteiger partial charge in [-0.1, -0.05) is 48.6 Å². The van der Waals surface area contributed by atoms with E-state index in [2.05, 4.69) is 25.3 Å². The first kappa shape index (κ1) is 17.9. The van der Waals surface area contributed by atoms with Crippen molar-refractivity contribution in [3.63, 3.8) is 0 Å². The van der Waals surface area contributed by atoms with Crippen LogP contribution in [0.2, 0.25) is 0 Å². The normalized spacial score (nSPS) is 10.2. The van der Waals surface area contributed by atoms with Crippen molar-refractivity contribution in [3.05, 3.63) is 85.0 Å². The molecule has 0 saturated carbocycles. The molecule has 0 fully saturated rings. The zero-order valence-corrected chi connectivity index (χ0v) is 14.2. The van der Waals surface area contributed by atoms with E-state index in [1.807, 2.05) is 48.6 Å². The molecule has 0 spiro atoms. The maximum absolute atomic E-state index is 5.89. The van der Waals surface area contributed by atoms with Gasteiger partial charge in [-0.25, -0.2) is 0 Å². The molecule has 2 nitrogen and oxygen atoms in total. The van der Waals surface area contributed by atoms with Crippen LogP contribution in [0.1, 0.15) is 24.0 Å². The third-order valence-electron chi connectivity index (χ3n) is 3.73. The summed E-state index contributed by atoms with van der Waals surface area (Å²) in [5.74, 6) is 1.91. The fraction of sp³-hybridized carbons (Fsp3) is 0.273. The molecular weight excluding hydrogens is 296 g/mol. The molecule has 24 heavy (non-hydrogen) atoms. The average Bonchev–Trinajstić information content (AvgIpc) is 2.61. The van der Waals surface area contributed by atoms with E-state index in [0.29, 0.717) is 13.2 Å². The van der Waals surface area contributed by atoms with E-state index >= 15 is 0 Å². The number of rotatable bonds is 11. The lowest BCUT2D eigenvalue weighted by atomic mass is 10.1. The van der Waals surface area contributed by atoms with Gasteiger partial charge in [-0.2, -0.15) is 0 Å². The van der Waals surface area contributed by atoms with Crippen LogP contribution >= 0.6 is 0 Å². The lowest BCUT2D eigenvalue weighted by Crippen LogP contribution is -2.04. The molecule has 2 heteroatoms. The Morgan fingerprint density at radius 3 is 1.50 bits per heavy atom. The van der Waals surface area contributed by atoms with Crippen molar-refractivity contribution >= 4 is 0 Å². The molecule has 0 saturated heterocycles. The predicted octanol–water partition coefficient (Wildman–Crippen LogP) is 5.38. The summed E-state index contributed by atoms with van der Waals surface area (Å²) in [4.78, 5) is 0. The topological polar surface area (TPSA) is 18.5 Å². The van der Waals surface area contributed by atoms with Crippen LogP contribution in [-0.4, -0.2) is 13.2 Å². The summed E-state index contributed by atoms with van der Waals surface area (Å²) in [6.45, 7) is 8.98. The summed E-state index contributed by atoms with van der Waals surface area (Å²) >= 11 is 0. The first-order valence-corrected chi connectivity index (χ1v) is 8.48. The highest BCUT2D eigenvalue weighted by Gasteiger charge is 2.02. The minimum absolute atomic E-state index is 0.700. The molecule has 0 unspecified atom stereocenters. The van der Waals surface area contributed by atoms with Gasteiger partial charge in [0.25, 0.3) is 0 Å². The van der Waals surface area contributed by atoms with Gasteiger partial charge in [-0.15, -0.1) is 13.2 Å². The first-order valence-electron chi connectivity index (χ1n) is 8.48. The lowest BCUT2D eigenvalue weighted by molar-refractivity contribution is 0.264. The molecule has 0 aliphatic rings. The fourth-order valence-electron chi connectivity index (χ4n) is 2.51. The van der Waals surface area contributed by atoms with E-state index in [0.717, 1.165) is 37.2 Å². The lowest BCUT2D eigenvalue weighted by Gasteiger charge is -2.12. The monoisotopic (exact) mass is 322 g/mol. The second-order valence-corrected chi connectivity index (χ2v) is 5.61.